The number of likely N-dealkylation sites (N-methyl/N-ethyl adjacent to an activating group) is 1. The number of Topliss-reactive ketones (excluding diaryl/α,β-unsaturated/α-hetero) is 1. The second-order valence-corrected chi connectivity index (χ2v) is 14.7. The van der Waals surface area contributed by atoms with Crippen LogP contribution in [0.2, 0.25) is 0 Å². The minimum atomic E-state index is -1.01. The van der Waals surface area contributed by atoms with Crippen LogP contribution in [-0.2, 0) is 22.6 Å². The Bertz CT molecular complexity index is 1960. The Morgan fingerprint density at radius 2 is 1.72 bits per heavy atom. The highest BCUT2D eigenvalue weighted by Gasteiger charge is 2.45. The molecule has 0 atom stereocenters. The zero-order chi connectivity index (χ0) is 35.0. The van der Waals surface area contributed by atoms with Crippen LogP contribution in [0.4, 0.5) is 5.69 Å². The molecule has 3 aliphatic rings. The molecule has 8 heteroatoms. The van der Waals surface area contributed by atoms with Gasteiger partial charge in [-0.2, -0.15) is 0 Å². The Kier molecular flexibility index (Phi) is 9.29. The zero-order valence-corrected chi connectivity index (χ0v) is 29.3. The van der Waals surface area contributed by atoms with E-state index >= 15 is 0 Å². The number of carbonyl (C=O) groups is 3. The fraction of sp³-hybridized carbons (Fsp3) is 0.405. The van der Waals surface area contributed by atoms with Gasteiger partial charge in [0, 0.05) is 66.4 Å². The number of aromatic nitrogens is 1. The quantitative estimate of drug-likeness (QED) is 0.165. The molecule has 8 nitrogen and oxygen atoms in total. The second-order valence-electron chi connectivity index (χ2n) is 14.7. The molecule has 2 heterocycles. The molecule has 2 aliphatic carbocycles. The molecule has 3 aromatic carbocycles. The summed E-state index contributed by atoms with van der Waals surface area (Å²) in [6.45, 7) is 5.72. The van der Waals surface area contributed by atoms with Gasteiger partial charge < -0.3 is 24.6 Å². The van der Waals surface area contributed by atoms with Gasteiger partial charge in [0.2, 0.25) is 0 Å². The van der Waals surface area contributed by atoms with E-state index < -0.39 is 11.5 Å². The van der Waals surface area contributed by atoms with Gasteiger partial charge in [-0.1, -0.05) is 49.6 Å². The summed E-state index contributed by atoms with van der Waals surface area (Å²) in [5.41, 5.74) is 7.37. The lowest BCUT2D eigenvalue weighted by Gasteiger charge is -2.41. The third-order valence-electron chi connectivity index (χ3n) is 10.9. The van der Waals surface area contributed by atoms with E-state index in [2.05, 4.69) is 59.9 Å². The van der Waals surface area contributed by atoms with Crippen molar-refractivity contribution in [2.24, 2.45) is 0 Å². The molecule has 1 aromatic heterocycles. The monoisotopic (exact) mass is 673 g/mol. The van der Waals surface area contributed by atoms with Crippen LogP contribution in [-0.4, -0.2) is 52.6 Å². The molecule has 0 spiro atoms. The molecule has 0 bridgehead atoms. The van der Waals surface area contributed by atoms with Crippen LogP contribution in [0.5, 0.6) is 5.75 Å². The maximum absolute atomic E-state index is 14.0. The molecule has 4 aromatic rings. The van der Waals surface area contributed by atoms with Crippen molar-refractivity contribution in [1.82, 2.24) is 9.88 Å². The average Bonchev–Trinajstić information content (AvgIpc) is 3.34. The minimum Gasteiger partial charge on any atom is -0.491 e. The van der Waals surface area contributed by atoms with Crippen LogP contribution in [0.15, 0.2) is 66.7 Å². The zero-order valence-electron chi connectivity index (χ0n) is 29.3. The van der Waals surface area contributed by atoms with Gasteiger partial charge in [-0.05, 0) is 98.9 Å². The molecule has 7 rings (SSSR count). The molecule has 1 amide bonds. The van der Waals surface area contributed by atoms with Crippen molar-refractivity contribution in [2.75, 3.05) is 18.5 Å². The average molecular weight is 674 g/mol. The van der Waals surface area contributed by atoms with Gasteiger partial charge in [-0.15, -0.1) is 0 Å². The van der Waals surface area contributed by atoms with Gasteiger partial charge in [0.25, 0.3) is 5.91 Å². The van der Waals surface area contributed by atoms with Crippen molar-refractivity contribution >= 4 is 40.3 Å². The van der Waals surface area contributed by atoms with E-state index in [1.807, 2.05) is 24.3 Å². The van der Waals surface area contributed by atoms with Gasteiger partial charge in [-0.25, -0.2) is 4.79 Å². The third kappa shape index (κ3) is 6.55. The van der Waals surface area contributed by atoms with Crippen LogP contribution in [0.3, 0.4) is 0 Å². The van der Waals surface area contributed by atoms with Gasteiger partial charge in [0.05, 0.1) is 17.3 Å². The number of aliphatic carboxylic acids is 1. The number of ketones is 1. The molecule has 1 aliphatic heterocycles. The Morgan fingerprint density at radius 3 is 2.40 bits per heavy atom. The highest BCUT2D eigenvalue weighted by Crippen LogP contribution is 2.48. The van der Waals surface area contributed by atoms with E-state index in [1.165, 1.54) is 60.4 Å². The normalized spacial score (nSPS) is 17.2. The number of benzene rings is 3. The Labute approximate surface area is 294 Å². The van der Waals surface area contributed by atoms with Crippen LogP contribution in [0.25, 0.3) is 28.2 Å². The Hall–Kier alpha value is -4.85. The molecular formula is C42H47N3O5. The number of hydrogen-bond donors (Lipinski definition) is 2. The smallest absolute Gasteiger partial charge is 0.328 e. The molecule has 2 N–H and O–H groups in total. The van der Waals surface area contributed by atoms with E-state index in [0.29, 0.717) is 24.3 Å². The van der Waals surface area contributed by atoms with E-state index in [1.54, 1.807) is 12.1 Å². The van der Waals surface area contributed by atoms with Gasteiger partial charge in [0.1, 0.15) is 5.75 Å². The van der Waals surface area contributed by atoms with E-state index in [9.17, 15) is 14.4 Å². The lowest BCUT2D eigenvalue weighted by Crippen LogP contribution is -2.59. The van der Waals surface area contributed by atoms with Gasteiger partial charge in [-0.3, -0.25) is 9.59 Å². The van der Waals surface area contributed by atoms with Crippen LogP contribution in [0, 0.1) is 0 Å². The molecule has 2 fully saturated rings. The summed E-state index contributed by atoms with van der Waals surface area (Å²) in [6, 6.07) is 19.9. The number of ether oxygens (including phenoxy) is 1. The molecule has 260 valence electrons. The fourth-order valence-corrected chi connectivity index (χ4v) is 8.15. The van der Waals surface area contributed by atoms with Crippen LogP contribution < -0.4 is 15.0 Å². The predicted molar refractivity (Wildman–Crippen MR) is 198 cm³/mol. The number of rotatable bonds is 10. The van der Waals surface area contributed by atoms with Crippen molar-refractivity contribution in [2.45, 2.75) is 95.7 Å². The Morgan fingerprint density at radius 1 is 0.960 bits per heavy atom. The first kappa shape index (κ1) is 33.6. The lowest BCUT2D eigenvalue weighted by atomic mass is 9.72. The number of carboxylic acid groups (broad SMARTS) is 1. The number of carboxylic acids is 1. The summed E-state index contributed by atoms with van der Waals surface area (Å²) >= 11 is 0. The highest BCUT2D eigenvalue weighted by atomic mass is 16.5. The topological polar surface area (TPSA) is 101 Å². The number of carbonyl (C=O) groups excluding carboxylic acids is 2. The second kappa shape index (κ2) is 13.8. The molecule has 2 saturated carbocycles. The Balaban J connectivity index is 1.21. The first-order chi connectivity index (χ1) is 24.1. The summed E-state index contributed by atoms with van der Waals surface area (Å²) in [4.78, 5) is 40.9. The lowest BCUT2D eigenvalue weighted by molar-refractivity contribution is -0.131. The van der Waals surface area contributed by atoms with E-state index in [-0.39, 0.29) is 24.2 Å². The molecule has 0 saturated heterocycles. The first-order valence-corrected chi connectivity index (χ1v) is 18.2. The van der Waals surface area contributed by atoms with Crippen LogP contribution >= 0.6 is 0 Å². The standard InChI is InChI=1S/C42H47N3O5/c1-27(2)50-32-16-18-34-35(26-32)44(3)22-23-45-36-25-31(15-17-33(36)39(40(34)45)30-8-5-4-6-9-30)41(49)43-42(20-7-21-42)37(46)24-29-12-10-28(11-13-29)14-19-38(47)48/h10-19,25-27,30H,4-9,20-24H2,1-3H3,(H,43,49)(H,47,48)/b19-14+. The minimum absolute atomic E-state index is 0.00334. The number of nitrogens with zero attached hydrogens (tertiary/aromatic N) is 2. The summed E-state index contributed by atoms with van der Waals surface area (Å²) in [7, 11) is 2.14. The highest BCUT2D eigenvalue weighted by molar-refractivity contribution is 6.04. The first-order valence-electron chi connectivity index (χ1n) is 18.2. The van der Waals surface area contributed by atoms with Gasteiger partial charge >= 0.3 is 5.97 Å². The summed E-state index contributed by atoms with van der Waals surface area (Å²) in [6.07, 6.45) is 11.1. The number of hydrogen-bond acceptors (Lipinski definition) is 5. The van der Waals surface area contributed by atoms with Crippen molar-refractivity contribution in [1.29, 1.82) is 0 Å². The van der Waals surface area contributed by atoms with Crippen LogP contribution in [0.1, 0.15) is 98.2 Å². The molecular weight excluding hydrogens is 626 g/mol. The van der Waals surface area contributed by atoms with Crippen molar-refractivity contribution in [3.63, 3.8) is 0 Å². The van der Waals surface area contributed by atoms with E-state index in [0.717, 1.165) is 53.7 Å². The summed E-state index contributed by atoms with van der Waals surface area (Å²) in [5.74, 6) is 0.113. The van der Waals surface area contributed by atoms with Crippen molar-refractivity contribution in [3.8, 4) is 17.0 Å². The summed E-state index contributed by atoms with van der Waals surface area (Å²) in [5, 5.41) is 13.3. The molecule has 0 radical (unpaired) electrons. The SMILES string of the molecule is CC(C)Oc1ccc2c(c1)N(C)CCn1c-2c(C2CCCCC2)c2ccc(C(=O)NC3(C(=O)Cc4ccc(/C=C/C(=O)O)cc4)CCC3)cc21. The molecule has 0 unspecified atom stereocenters. The number of anilines is 1. The number of amides is 1. The number of fused-ring (bicyclic) bond motifs is 5. The van der Waals surface area contributed by atoms with Gasteiger partial charge in [0.15, 0.2) is 5.78 Å². The van der Waals surface area contributed by atoms with E-state index in [4.69, 9.17) is 9.84 Å². The summed E-state index contributed by atoms with van der Waals surface area (Å²) < 4.78 is 8.54. The van der Waals surface area contributed by atoms with Crippen molar-refractivity contribution < 1.29 is 24.2 Å². The number of nitrogens with one attached hydrogen (secondary N) is 1. The predicted octanol–water partition coefficient (Wildman–Crippen LogP) is 8.16. The largest absolute Gasteiger partial charge is 0.491 e. The fourth-order valence-electron chi connectivity index (χ4n) is 8.15. The maximum atomic E-state index is 14.0. The maximum Gasteiger partial charge on any atom is 0.328 e. The van der Waals surface area contributed by atoms with Crippen molar-refractivity contribution in [3.05, 3.63) is 89.0 Å². The third-order valence-corrected chi connectivity index (χ3v) is 10.9. The molecule has 50 heavy (non-hydrogen) atoms.